The summed E-state index contributed by atoms with van der Waals surface area (Å²) >= 11 is 0. The van der Waals surface area contributed by atoms with Crippen molar-refractivity contribution in [2.24, 2.45) is 12.5 Å². The first-order chi connectivity index (χ1) is 22.6. The van der Waals surface area contributed by atoms with Crippen molar-refractivity contribution in [3.63, 3.8) is 0 Å². The molecule has 0 saturated carbocycles. The molecule has 12 nitrogen and oxygen atoms in total. The summed E-state index contributed by atoms with van der Waals surface area (Å²) in [6, 6.07) is 10.2. The Hall–Kier alpha value is -3.89. The number of ether oxygens (including phenoxy) is 3. The highest BCUT2D eigenvalue weighted by molar-refractivity contribution is 8.22. The van der Waals surface area contributed by atoms with Crippen LogP contribution in [0.2, 0.25) is 0 Å². The van der Waals surface area contributed by atoms with Gasteiger partial charge in [0.05, 0.1) is 25.2 Å². The molecule has 2 aromatic heterocycles. The van der Waals surface area contributed by atoms with Gasteiger partial charge in [-0.2, -0.15) is 13.1 Å². The molecule has 2 aromatic carbocycles. The number of aliphatic carboxylic acids is 1. The highest BCUT2D eigenvalue weighted by Gasteiger charge is 2.46. The van der Waals surface area contributed by atoms with Crippen molar-refractivity contribution >= 4 is 27.8 Å². The first-order valence-corrected chi connectivity index (χ1v) is 17.0. The molecule has 1 fully saturated rings. The SMILES string of the molecule is Cc1ccc(C(c2cc(OC(F)F)c3c(nnn3C)c2C)C(C)(C)C(=O)O)cc1CN1CC2(CCOCC2)Oc2ncccc2S1(O)O. The minimum absolute atomic E-state index is 0.0877. The number of carboxylic acid groups (broad SMARTS) is 1. The number of aromatic nitrogens is 4. The summed E-state index contributed by atoms with van der Waals surface area (Å²) in [4.78, 5) is 17.4. The quantitative estimate of drug-likeness (QED) is 0.192. The van der Waals surface area contributed by atoms with Crippen LogP contribution in [0.1, 0.15) is 60.4 Å². The maximum atomic E-state index is 13.6. The largest absolute Gasteiger partial charge is 0.481 e. The molecule has 4 heterocycles. The van der Waals surface area contributed by atoms with E-state index in [0.29, 0.717) is 48.3 Å². The van der Waals surface area contributed by atoms with Gasteiger partial charge < -0.3 is 19.3 Å². The van der Waals surface area contributed by atoms with Gasteiger partial charge in [0, 0.05) is 38.5 Å². The molecule has 1 saturated heterocycles. The van der Waals surface area contributed by atoms with E-state index in [0.717, 1.165) is 11.1 Å². The van der Waals surface area contributed by atoms with E-state index in [4.69, 9.17) is 14.2 Å². The molecule has 48 heavy (non-hydrogen) atoms. The summed E-state index contributed by atoms with van der Waals surface area (Å²) < 4.78 is 70.7. The number of pyridine rings is 1. The van der Waals surface area contributed by atoms with Gasteiger partial charge in [0.2, 0.25) is 5.88 Å². The Bertz CT molecular complexity index is 1860. The number of hydrogen-bond donors (Lipinski definition) is 3. The molecule has 1 atom stereocenters. The van der Waals surface area contributed by atoms with Crippen molar-refractivity contribution in [3.8, 4) is 11.6 Å². The topological polar surface area (TPSA) is 152 Å². The first-order valence-electron chi connectivity index (χ1n) is 15.5. The van der Waals surface area contributed by atoms with Crippen LogP contribution in [0.25, 0.3) is 11.0 Å². The summed E-state index contributed by atoms with van der Waals surface area (Å²) in [5, 5.41) is 18.7. The monoisotopic (exact) mass is 687 g/mol. The van der Waals surface area contributed by atoms with E-state index < -0.39 is 40.3 Å². The van der Waals surface area contributed by atoms with Gasteiger partial charge in [-0.05, 0) is 73.7 Å². The second kappa shape index (κ2) is 12.5. The molecule has 4 aromatic rings. The second-order valence-corrected chi connectivity index (χ2v) is 15.0. The van der Waals surface area contributed by atoms with E-state index in [1.807, 2.05) is 25.1 Å². The molecule has 0 amide bonds. The van der Waals surface area contributed by atoms with Crippen LogP contribution in [-0.4, -0.2) is 76.4 Å². The zero-order valence-electron chi connectivity index (χ0n) is 27.3. The van der Waals surface area contributed by atoms with E-state index in [1.54, 1.807) is 50.5 Å². The van der Waals surface area contributed by atoms with Crippen LogP contribution in [0, 0.1) is 19.3 Å². The number of nitrogens with zero attached hydrogens (tertiary/aromatic N) is 5. The van der Waals surface area contributed by atoms with Crippen molar-refractivity contribution < 1.29 is 42.0 Å². The van der Waals surface area contributed by atoms with Crippen LogP contribution >= 0.6 is 10.8 Å². The van der Waals surface area contributed by atoms with Crippen LogP contribution in [0.4, 0.5) is 8.78 Å². The van der Waals surface area contributed by atoms with Crippen LogP contribution in [-0.2, 0) is 23.1 Å². The fourth-order valence-corrected chi connectivity index (χ4v) is 8.37. The molecule has 2 aliphatic heterocycles. The van der Waals surface area contributed by atoms with Crippen LogP contribution < -0.4 is 9.47 Å². The van der Waals surface area contributed by atoms with E-state index in [2.05, 4.69) is 15.3 Å². The van der Waals surface area contributed by atoms with E-state index >= 15 is 0 Å². The van der Waals surface area contributed by atoms with Crippen molar-refractivity contribution in [2.45, 2.75) is 70.1 Å². The Morgan fingerprint density at radius 2 is 1.90 bits per heavy atom. The molecular formula is C33H39F2N5O7S. The van der Waals surface area contributed by atoms with Gasteiger partial charge in [0.15, 0.2) is 5.75 Å². The van der Waals surface area contributed by atoms with Crippen molar-refractivity contribution in [1.29, 1.82) is 0 Å². The van der Waals surface area contributed by atoms with E-state index in [9.17, 15) is 27.8 Å². The number of halogens is 2. The minimum atomic E-state index is -3.58. The predicted octanol–water partition coefficient (Wildman–Crippen LogP) is 6.29. The molecule has 0 aliphatic carbocycles. The number of fused-ring (bicyclic) bond motifs is 2. The molecule has 0 bridgehead atoms. The third-order valence-corrected chi connectivity index (χ3v) is 11.4. The van der Waals surface area contributed by atoms with Gasteiger partial charge in [-0.25, -0.2) is 9.67 Å². The van der Waals surface area contributed by atoms with Crippen LogP contribution in [0.3, 0.4) is 0 Å². The fraction of sp³-hybridized carbons (Fsp3) is 0.455. The Labute approximate surface area is 278 Å². The Kier molecular flexibility index (Phi) is 8.87. The van der Waals surface area contributed by atoms with Crippen molar-refractivity contribution in [1.82, 2.24) is 24.3 Å². The number of carboxylic acids is 1. The van der Waals surface area contributed by atoms with Gasteiger partial charge in [0.25, 0.3) is 0 Å². The first kappa shape index (κ1) is 34.0. The zero-order valence-corrected chi connectivity index (χ0v) is 28.1. The zero-order chi connectivity index (χ0) is 34.6. The summed E-state index contributed by atoms with van der Waals surface area (Å²) in [7, 11) is -2.01. The van der Waals surface area contributed by atoms with E-state index in [-0.39, 0.29) is 35.1 Å². The lowest BCUT2D eigenvalue weighted by Gasteiger charge is -2.44. The maximum absolute atomic E-state index is 13.6. The molecule has 2 aliphatic rings. The second-order valence-electron chi connectivity index (χ2n) is 13.0. The molecule has 1 unspecified atom stereocenters. The number of hydrogen-bond acceptors (Lipinski definition) is 10. The summed E-state index contributed by atoms with van der Waals surface area (Å²) in [6.07, 6.45) is 2.60. The molecule has 6 rings (SSSR count). The van der Waals surface area contributed by atoms with Gasteiger partial charge >= 0.3 is 12.6 Å². The smallest absolute Gasteiger partial charge is 0.387 e. The predicted molar refractivity (Wildman–Crippen MR) is 173 cm³/mol. The summed E-state index contributed by atoms with van der Waals surface area (Å²) in [5.74, 6) is -1.96. The van der Waals surface area contributed by atoms with Crippen LogP contribution in [0.15, 0.2) is 47.5 Å². The standard InChI is InChI=1S/C33H39F2N5O7S/c1-19-8-9-21(26(32(3,4)30(41)42)23-16-24(46-31(34)35)28-27(20(23)2)37-38-39(28)5)15-22(19)17-40-18-33(10-13-45-14-11-33)47-29-25(48(40,43)44)7-6-12-36-29/h6-9,12,15-16,26,31,43-44H,10-11,13-14,17-18H2,1-5H3,(H,41,42). The minimum Gasteiger partial charge on any atom is -0.481 e. The van der Waals surface area contributed by atoms with Gasteiger partial charge in [-0.1, -0.05) is 23.4 Å². The van der Waals surface area contributed by atoms with Crippen molar-refractivity contribution in [3.05, 3.63) is 70.4 Å². The lowest BCUT2D eigenvalue weighted by Crippen LogP contribution is -2.49. The van der Waals surface area contributed by atoms with Gasteiger partial charge in [-0.3, -0.25) is 13.9 Å². The Morgan fingerprint density at radius 1 is 1.17 bits per heavy atom. The molecule has 258 valence electrons. The normalized spacial score (nSPS) is 19.0. The highest BCUT2D eigenvalue weighted by atomic mass is 32.3. The molecule has 1 spiro atoms. The molecular weight excluding hydrogens is 648 g/mol. The lowest BCUT2D eigenvalue weighted by atomic mass is 9.69. The van der Waals surface area contributed by atoms with Crippen LogP contribution in [0.5, 0.6) is 11.6 Å². The number of aryl methyl sites for hydroxylation is 3. The van der Waals surface area contributed by atoms with Gasteiger partial charge in [0.1, 0.15) is 21.5 Å². The summed E-state index contributed by atoms with van der Waals surface area (Å²) in [5.41, 5.74) is 1.52. The fourth-order valence-electron chi connectivity index (χ4n) is 6.76. The third-order valence-electron chi connectivity index (χ3n) is 9.56. The van der Waals surface area contributed by atoms with Crippen molar-refractivity contribution in [2.75, 3.05) is 19.8 Å². The lowest BCUT2D eigenvalue weighted by molar-refractivity contribution is -0.147. The number of carbonyl (C=O) groups is 1. The number of rotatable bonds is 8. The molecule has 3 N–H and O–H groups in total. The molecule has 0 radical (unpaired) electrons. The average molecular weight is 688 g/mol. The number of benzene rings is 2. The average Bonchev–Trinajstić information content (AvgIpc) is 3.39. The number of alkyl halides is 2. The van der Waals surface area contributed by atoms with E-state index in [1.165, 1.54) is 10.7 Å². The summed E-state index contributed by atoms with van der Waals surface area (Å²) in [6.45, 7) is 4.83. The third kappa shape index (κ3) is 5.98. The maximum Gasteiger partial charge on any atom is 0.387 e. The highest BCUT2D eigenvalue weighted by Crippen LogP contribution is 2.59. The van der Waals surface area contributed by atoms with Gasteiger partial charge in [-0.15, -0.1) is 15.9 Å². The Balaban J connectivity index is 1.48. The Morgan fingerprint density at radius 3 is 2.58 bits per heavy atom. The molecule has 15 heteroatoms.